The van der Waals surface area contributed by atoms with Gasteiger partial charge in [0.25, 0.3) is 5.91 Å². The number of fused-ring (bicyclic) bond motifs is 2. The van der Waals surface area contributed by atoms with Crippen LogP contribution in [0, 0.1) is 0 Å². The molecule has 0 saturated carbocycles. The van der Waals surface area contributed by atoms with Gasteiger partial charge in [-0.1, -0.05) is 6.07 Å². The summed E-state index contributed by atoms with van der Waals surface area (Å²) in [5, 5.41) is 9.72. The molecule has 4 heterocycles. The number of benzene rings is 1. The van der Waals surface area contributed by atoms with Crippen molar-refractivity contribution in [2.45, 2.75) is 31.2 Å². The van der Waals surface area contributed by atoms with Crippen LogP contribution in [0.1, 0.15) is 40.1 Å². The van der Waals surface area contributed by atoms with Gasteiger partial charge < -0.3 is 20.1 Å². The van der Waals surface area contributed by atoms with Gasteiger partial charge in [-0.2, -0.15) is 18.3 Å². The fraction of sp³-hybridized carbons (Fsp3) is 0.286. The number of anilines is 1. The SMILES string of the molecule is O=C(NCc1ccc[nH+]c1)c1cc2n(n1)C(C(F)(F)F)CC(c1ccc3c(c1)OCO3)N2. The summed E-state index contributed by atoms with van der Waals surface area (Å²) in [6.45, 7) is 0.294. The van der Waals surface area contributed by atoms with Crippen LogP contribution in [0.3, 0.4) is 0 Å². The number of amides is 1. The van der Waals surface area contributed by atoms with E-state index in [0.717, 1.165) is 10.2 Å². The van der Waals surface area contributed by atoms with Crippen molar-refractivity contribution in [3.63, 3.8) is 0 Å². The zero-order chi connectivity index (χ0) is 22.3. The van der Waals surface area contributed by atoms with E-state index in [0.29, 0.717) is 17.1 Å². The summed E-state index contributed by atoms with van der Waals surface area (Å²) in [5.74, 6) is 0.611. The molecule has 3 aromatic rings. The lowest BCUT2D eigenvalue weighted by Crippen LogP contribution is -2.35. The summed E-state index contributed by atoms with van der Waals surface area (Å²) in [4.78, 5) is 15.4. The molecule has 11 heteroatoms. The summed E-state index contributed by atoms with van der Waals surface area (Å²) >= 11 is 0. The summed E-state index contributed by atoms with van der Waals surface area (Å²) in [6.07, 6.45) is -1.37. The number of nitrogens with zero attached hydrogens (tertiary/aromatic N) is 2. The molecule has 166 valence electrons. The molecule has 5 rings (SSSR count). The van der Waals surface area contributed by atoms with Crippen molar-refractivity contribution < 1.29 is 32.4 Å². The molecule has 3 N–H and O–H groups in total. The number of hydrogen-bond donors (Lipinski definition) is 2. The molecule has 0 radical (unpaired) electrons. The van der Waals surface area contributed by atoms with Gasteiger partial charge in [-0.3, -0.25) is 4.79 Å². The highest BCUT2D eigenvalue weighted by Crippen LogP contribution is 2.45. The maximum atomic E-state index is 13.9. The number of halogens is 3. The number of alkyl halides is 3. The Labute approximate surface area is 180 Å². The highest BCUT2D eigenvalue weighted by atomic mass is 19.4. The third-order valence-electron chi connectivity index (χ3n) is 5.45. The highest BCUT2D eigenvalue weighted by molar-refractivity contribution is 5.93. The average molecular weight is 446 g/mol. The largest absolute Gasteiger partial charge is 0.454 e. The molecule has 0 spiro atoms. The molecule has 32 heavy (non-hydrogen) atoms. The van der Waals surface area contributed by atoms with Crippen LogP contribution in [-0.2, 0) is 6.54 Å². The van der Waals surface area contributed by atoms with Crippen molar-refractivity contribution in [3.05, 3.63) is 65.6 Å². The number of hydrogen-bond acceptors (Lipinski definition) is 5. The number of pyridine rings is 1. The first-order valence-corrected chi connectivity index (χ1v) is 9.94. The van der Waals surface area contributed by atoms with Crippen molar-refractivity contribution in [2.24, 2.45) is 0 Å². The molecule has 0 aliphatic carbocycles. The van der Waals surface area contributed by atoms with Crippen LogP contribution >= 0.6 is 0 Å². The zero-order valence-electron chi connectivity index (χ0n) is 16.6. The molecule has 0 saturated heterocycles. The van der Waals surface area contributed by atoms with Gasteiger partial charge in [0, 0.05) is 30.7 Å². The number of nitrogens with one attached hydrogen (secondary N) is 3. The summed E-state index contributed by atoms with van der Waals surface area (Å²) in [6, 6.07) is 7.46. The fourth-order valence-electron chi connectivity index (χ4n) is 3.85. The first-order valence-electron chi connectivity index (χ1n) is 9.94. The van der Waals surface area contributed by atoms with Crippen molar-refractivity contribution in [1.82, 2.24) is 15.1 Å². The average Bonchev–Trinajstić information content (AvgIpc) is 3.43. The van der Waals surface area contributed by atoms with Crippen LogP contribution in [0.15, 0.2) is 48.8 Å². The lowest BCUT2D eigenvalue weighted by atomic mass is 9.96. The van der Waals surface area contributed by atoms with Crippen LogP contribution in [0.4, 0.5) is 19.0 Å². The van der Waals surface area contributed by atoms with E-state index in [2.05, 4.69) is 20.7 Å². The molecule has 1 amide bonds. The molecule has 2 atom stereocenters. The summed E-state index contributed by atoms with van der Waals surface area (Å²) in [5.41, 5.74) is 1.36. The lowest BCUT2D eigenvalue weighted by molar-refractivity contribution is -0.378. The van der Waals surface area contributed by atoms with Crippen LogP contribution in [0.25, 0.3) is 0 Å². The van der Waals surface area contributed by atoms with E-state index in [9.17, 15) is 18.0 Å². The zero-order valence-corrected chi connectivity index (χ0v) is 16.6. The fourth-order valence-corrected chi connectivity index (χ4v) is 3.85. The first kappa shape index (κ1) is 20.2. The Hall–Kier alpha value is -3.76. The van der Waals surface area contributed by atoms with Gasteiger partial charge in [0.15, 0.2) is 35.6 Å². The van der Waals surface area contributed by atoms with Gasteiger partial charge in [0.1, 0.15) is 5.82 Å². The summed E-state index contributed by atoms with van der Waals surface area (Å²) in [7, 11) is 0. The molecular weight excluding hydrogens is 427 g/mol. The lowest BCUT2D eigenvalue weighted by Gasteiger charge is -2.33. The topological polar surface area (TPSA) is 91.6 Å². The minimum Gasteiger partial charge on any atom is -0.454 e. The van der Waals surface area contributed by atoms with Crippen LogP contribution < -0.4 is 25.1 Å². The van der Waals surface area contributed by atoms with E-state index in [1.165, 1.54) is 6.07 Å². The molecule has 2 aromatic heterocycles. The van der Waals surface area contributed by atoms with Crippen molar-refractivity contribution in [1.29, 1.82) is 0 Å². The minimum atomic E-state index is -4.54. The predicted octanol–water partition coefficient (Wildman–Crippen LogP) is 3.02. The van der Waals surface area contributed by atoms with E-state index in [1.807, 2.05) is 6.07 Å². The van der Waals surface area contributed by atoms with E-state index >= 15 is 0 Å². The Bertz CT molecular complexity index is 1150. The number of aromatic amines is 1. The number of H-pyrrole nitrogens is 1. The molecule has 0 bridgehead atoms. The number of rotatable bonds is 4. The summed E-state index contributed by atoms with van der Waals surface area (Å²) < 4.78 is 53.1. The maximum Gasteiger partial charge on any atom is 0.410 e. The third-order valence-corrected chi connectivity index (χ3v) is 5.45. The minimum absolute atomic E-state index is 0.0777. The van der Waals surface area contributed by atoms with Gasteiger partial charge in [0.05, 0.1) is 6.04 Å². The van der Waals surface area contributed by atoms with Crippen LogP contribution in [-0.4, -0.2) is 28.7 Å². The van der Waals surface area contributed by atoms with Crippen molar-refractivity contribution in [3.8, 4) is 11.5 Å². The maximum absolute atomic E-state index is 13.9. The molecule has 2 aliphatic rings. The molecule has 0 fully saturated rings. The standard InChI is InChI=1S/C21H18F3N5O3/c22-21(23,24)18-7-14(13-3-4-16-17(6-13)32-11-31-16)27-19-8-15(28-29(18)19)20(30)26-10-12-2-1-5-25-9-12/h1-6,8-9,14,18,27H,7,10-11H2,(H,26,30)/p+1. The Morgan fingerprint density at radius 3 is 2.88 bits per heavy atom. The first-order chi connectivity index (χ1) is 15.4. The molecule has 1 aromatic carbocycles. The quantitative estimate of drug-likeness (QED) is 0.643. The van der Waals surface area contributed by atoms with E-state index in [-0.39, 0.29) is 31.3 Å². The van der Waals surface area contributed by atoms with Crippen molar-refractivity contribution in [2.75, 3.05) is 12.1 Å². The number of carbonyl (C=O) groups excluding carboxylic acids is 1. The van der Waals surface area contributed by atoms with Crippen molar-refractivity contribution >= 4 is 11.7 Å². The predicted molar refractivity (Wildman–Crippen MR) is 105 cm³/mol. The van der Waals surface area contributed by atoms with Gasteiger partial charge in [0.2, 0.25) is 6.79 Å². The van der Waals surface area contributed by atoms with Crippen LogP contribution in [0.2, 0.25) is 0 Å². The van der Waals surface area contributed by atoms with Gasteiger partial charge in [-0.15, -0.1) is 0 Å². The Balaban J connectivity index is 1.40. The monoisotopic (exact) mass is 446 g/mol. The smallest absolute Gasteiger partial charge is 0.410 e. The van der Waals surface area contributed by atoms with E-state index in [4.69, 9.17) is 9.47 Å². The number of ether oxygens (including phenoxy) is 2. The van der Waals surface area contributed by atoms with Gasteiger partial charge in [-0.25, -0.2) is 9.67 Å². The van der Waals surface area contributed by atoms with Gasteiger partial charge >= 0.3 is 6.18 Å². The van der Waals surface area contributed by atoms with Gasteiger partial charge in [-0.05, 0) is 23.8 Å². The normalized spacial score (nSPS) is 19.2. The number of carbonyl (C=O) groups is 1. The second-order valence-corrected chi connectivity index (χ2v) is 7.56. The Morgan fingerprint density at radius 1 is 1.25 bits per heavy atom. The van der Waals surface area contributed by atoms with Crippen LogP contribution in [0.5, 0.6) is 11.5 Å². The Kier molecular flexibility index (Phi) is 4.87. The molecular formula is C21H19F3N5O3+. The highest BCUT2D eigenvalue weighted by Gasteiger charge is 2.47. The second kappa shape index (κ2) is 7.74. The Morgan fingerprint density at radius 2 is 2.09 bits per heavy atom. The third kappa shape index (κ3) is 3.81. The van der Waals surface area contributed by atoms with E-state index < -0.39 is 24.2 Å². The molecule has 2 aliphatic heterocycles. The second-order valence-electron chi connectivity index (χ2n) is 7.56. The molecule has 8 nitrogen and oxygen atoms in total. The van der Waals surface area contributed by atoms with E-state index in [1.54, 1.807) is 36.7 Å². The number of aromatic nitrogens is 3. The molecule has 2 unspecified atom stereocenters.